The van der Waals surface area contributed by atoms with Gasteiger partial charge in [0.25, 0.3) is 0 Å². The molecule has 2 rings (SSSR count). The third kappa shape index (κ3) is 1.49. The van der Waals surface area contributed by atoms with Crippen LogP contribution in [0.2, 0.25) is 0 Å². The molecule has 0 aliphatic carbocycles. The van der Waals surface area contributed by atoms with Gasteiger partial charge in [-0.1, -0.05) is 5.10 Å². The topological polar surface area (TPSA) is 67.1 Å². The molecule has 0 saturated carbocycles. The average Bonchev–Trinajstić information content (AvgIpc) is 2.71. The summed E-state index contributed by atoms with van der Waals surface area (Å²) in [6.45, 7) is 2.03. The van der Waals surface area contributed by atoms with Gasteiger partial charge in [-0.2, -0.15) is 0 Å². The predicted molar refractivity (Wildman–Crippen MR) is 46.2 cm³/mol. The summed E-state index contributed by atoms with van der Waals surface area (Å²) in [7, 11) is 1.82. The Morgan fingerprint density at radius 3 is 3.00 bits per heavy atom. The quantitative estimate of drug-likeness (QED) is 0.639. The zero-order chi connectivity index (χ0) is 9.26. The fourth-order valence-corrected chi connectivity index (χ4v) is 1.66. The van der Waals surface area contributed by atoms with E-state index in [0.717, 1.165) is 25.5 Å². The molecule has 0 spiro atoms. The summed E-state index contributed by atoms with van der Waals surface area (Å²) >= 11 is 0. The van der Waals surface area contributed by atoms with Gasteiger partial charge in [0.15, 0.2) is 0 Å². The molecule has 0 aromatic carbocycles. The second kappa shape index (κ2) is 3.29. The standard InChI is InChI=1S/C7H13N5O/c1-11-7(8-9-10-11)12-3-2-6(4-12)5-13/h6,13H,2-5H2,1H3. The highest BCUT2D eigenvalue weighted by molar-refractivity contribution is 5.29. The lowest BCUT2D eigenvalue weighted by molar-refractivity contribution is 0.238. The SMILES string of the molecule is Cn1nnnc1N1CCC(CO)C1. The van der Waals surface area contributed by atoms with Crippen LogP contribution in [0.15, 0.2) is 0 Å². The van der Waals surface area contributed by atoms with Crippen LogP contribution in [-0.4, -0.2) is 45.0 Å². The first-order valence-electron chi connectivity index (χ1n) is 4.39. The van der Waals surface area contributed by atoms with E-state index in [4.69, 9.17) is 5.11 Å². The van der Waals surface area contributed by atoms with Gasteiger partial charge >= 0.3 is 0 Å². The first kappa shape index (κ1) is 8.43. The fraction of sp³-hybridized carbons (Fsp3) is 0.857. The lowest BCUT2D eigenvalue weighted by Crippen LogP contribution is -2.23. The summed E-state index contributed by atoms with van der Waals surface area (Å²) in [5.74, 6) is 1.16. The van der Waals surface area contributed by atoms with Gasteiger partial charge in [-0.15, -0.1) is 0 Å². The zero-order valence-corrected chi connectivity index (χ0v) is 7.59. The average molecular weight is 183 g/mol. The zero-order valence-electron chi connectivity index (χ0n) is 7.59. The molecule has 1 aromatic rings. The molecular formula is C7H13N5O. The highest BCUT2D eigenvalue weighted by Crippen LogP contribution is 2.19. The van der Waals surface area contributed by atoms with Crippen molar-refractivity contribution >= 4 is 5.95 Å². The number of rotatable bonds is 2. The predicted octanol–water partition coefficient (Wildman–Crippen LogP) is -0.971. The van der Waals surface area contributed by atoms with E-state index in [-0.39, 0.29) is 6.61 Å². The maximum atomic E-state index is 8.97. The van der Waals surface area contributed by atoms with E-state index >= 15 is 0 Å². The minimum atomic E-state index is 0.252. The Labute approximate surface area is 76.2 Å². The Morgan fingerprint density at radius 2 is 2.46 bits per heavy atom. The van der Waals surface area contributed by atoms with Crippen molar-refractivity contribution in [2.45, 2.75) is 6.42 Å². The van der Waals surface area contributed by atoms with Crippen LogP contribution in [0.1, 0.15) is 6.42 Å². The van der Waals surface area contributed by atoms with Crippen LogP contribution in [0, 0.1) is 5.92 Å². The largest absolute Gasteiger partial charge is 0.396 e. The fourth-order valence-electron chi connectivity index (χ4n) is 1.66. The summed E-state index contributed by atoms with van der Waals surface area (Å²) in [6, 6.07) is 0. The molecule has 1 N–H and O–H groups in total. The van der Waals surface area contributed by atoms with Crippen LogP contribution in [0.25, 0.3) is 0 Å². The Morgan fingerprint density at radius 1 is 1.62 bits per heavy atom. The number of hydrogen-bond donors (Lipinski definition) is 1. The molecule has 1 atom stereocenters. The van der Waals surface area contributed by atoms with E-state index in [1.807, 2.05) is 7.05 Å². The molecule has 1 aromatic heterocycles. The maximum Gasteiger partial charge on any atom is 0.245 e. The van der Waals surface area contributed by atoms with Gasteiger partial charge in [0.2, 0.25) is 5.95 Å². The molecule has 13 heavy (non-hydrogen) atoms. The van der Waals surface area contributed by atoms with E-state index in [0.29, 0.717) is 5.92 Å². The van der Waals surface area contributed by atoms with Crippen LogP contribution in [0.5, 0.6) is 0 Å². The molecule has 1 saturated heterocycles. The summed E-state index contributed by atoms with van der Waals surface area (Å²) < 4.78 is 1.65. The summed E-state index contributed by atoms with van der Waals surface area (Å²) in [4.78, 5) is 2.10. The number of aromatic nitrogens is 4. The van der Waals surface area contributed by atoms with Crippen LogP contribution in [0.4, 0.5) is 5.95 Å². The van der Waals surface area contributed by atoms with Crippen LogP contribution in [-0.2, 0) is 7.05 Å². The van der Waals surface area contributed by atoms with E-state index < -0.39 is 0 Å². The first-order chi connectivity index (χ1) is 6.31. The van der Waals surface area contributed by atoms with Gasteiger partial charge in [-0.05, 0) is 16.8 Å². The lowest BCUT2D eigenvalue weighted by atomic mass is 10.1. The van der Waals surface area contributed by atoms with Gasteiger partial charge < -0.3 is 10.0 Å². The van der Waals surface area contributed by atoms with Gasteiger partial charge in [-0.3, -0.25) is 0 Å². The molecule has 0 radical (unpaired) electrons. The Bertz CT molecular complexity index is 286. The molecule has 2 heterocycles. The van der Waals surface area contributed by atoms with Crippen LogP contribution >= 0.6 is 0 Å². The molecular weight excluding hydrogens is 170 g/mol. The van der Waals surface area contributed by atoms with Gasteiger partial charge in [0.1, 0.15) is 0 Å². The number of tetrazole rings is 1. The first-order valence-corrected chi connectivity index (χ1v) is 4.39. The van der Waals surface area contributed by atoms with E-state index in [1.165, 1.54) is 0 Å². The Balaban J connectivity index is 2.08. The van der Waals surface area contributed by atoms with E-state index in [1.54, 1.807) is 4.68 Å². The number of anilines is 1. The summed E-state index contributed by atoms with van der Waals surface area (Å²) in [5, 5.41) is 20.2. The molecule has 0 bridgehead atoms. The van der Waals surface area contributed by atoms with Gasteiger partial charge in [0, 0.05) is 32.7 Å². The van der Waals surface area contributed by atoms with Crippen molar-refractivity contribution < 1.29 is 5.11 Å². The number of aliphatic hydroxyl groups is 1. The number of aliphatic hydroxyl groups excluding tert-OH is 1. The number of hydrogen-bond acceptors (Lipinski definition) is 5. The molecule has 72 valence electrons. The molecule has 6 heteroatoms. The minimum absolute atomic E-state index is 0.252. The van der Waals surface area contributed by atoms with Crippen molar-refractivity contribution in [1.29, 1.82) is 0 Å². The number of nitrogens with zero attached hydrogens (tertiary/aromatic N) is 5. The smallest absolute Gasteiger partial charge is 0.245 e. The van der Waals surface area contributed by atoms with Crippen molar-refractivity contribution in [3.63, 3.8) is 0 Å². The van der Waals surface area contributed by atoms with Crippen molar-refractivity contribution in [3.05, 3.63) is 0 Å². The molecule has 0 amide bonds. The Hall–Kier alpha value is -1.17. The van der Waals surface area contributed by atoms with E-state index in [2.05, 4.69) is 20.4 Å². The third-order valence-electron chi connectivity index (χ3n) is 2.42. The van der Waals surface area contributed by atoms with Gasteiger partial charge in [-0.25, -0.2) is 4.68 Å². The second-order valence-corrected chi connectivity index (χ2v) is 3.39. The van der Waals surface area contributed by atoms with Crippen molar-refractivity contribution in [2.75, 3.05) is 24.6 Å². The van der Waals surface area contributed by atoms with E-state index in [9.17, 15) is 0 Å². The van der Waals surface area contributed by atoms with Crippen molar-refractivity contribution in [1.82, 2.24) is 20.2 Å². The summed E-state index contributed by atoms with van der Waals surface area (Å²) in [6.07, 6.45) is 1.02. The lowest BCUT2D eigenvalue weighted by Gasteiger charge is -2.14. The monoisotopic (exact) mass is 183 g/mol. The molecule has 1 unspecified atom stereocenters. The molecule has 6 nitrogen and oxygen atoms in total. The van der Waals surface area contributed by atoms with Crippen LogP contribution in [0.3, 0.4) is 0 Å². The third-order valence-corrected chi connectivity index (χ3v) is 2.42. The normalized spacial score (nSPS) is 22.6. The highest BCUT2D eigenvalue weighted by atomic mass is 16.3. The minimum Gasteiger partial charge on any atom is -0.396 e. The maximum absolute atomic E-state index is 8.97. The van der Waals surface area contributed by atoms with Gasteiger partial charge in [0.05, 0.1) is 0 Å². The van der Waals surface area contributed by atoms with Crippen LogP contribution < -0.4 is 4.90 Å². The molecule has 1 aliphatic heterocycles. The Kier molecular flexibility index (Phi) is 2.13. The molecule has 1 aliphatic rings. The number of aryl methyl sites for hydroxylation is 1. The van der Waals surface area contributed by atoms with Crippen molar-refractivity contribution in [3.8, 4) is 0 Å². The highest BCUT2D eigenvalue weighted by Gasteiger charge is 2.24. The summed E-state index contributed by atoms with van der Waals surface area (Å²) in [5.41, 5.74) is 0. The van der Waals surface area contributed by atoms with Crippen molar-refractivity contribution in [2.24, 2.45) is 13.0 Å². The second-order valence-electron chi connectivity index (χ2n) is 3.39. The molecule has 1 fully saturated rings.